The van der Waals surface area contributed by atoms with Gasteiger partial charge in [-0.2, -0.15) is 0 Å². The van der Waals surface area contributed by atoms with Crippen molar-refractivity contribution in [2.45, 2.75) is 0 Å². The maximum Gasteiger partial charge on any atom is 0.377 e. The molecule has 14 heteroatoms. The second-order valence-electron chi connectivity index (χ2n) is 6.47. The lowest BCUT2D eigenvalue weighted by molar-refractivity contribution is -0.00406. The molecule has 1 aromatic rings. The Hall–Kier alpha value is -2.17. The van der Waals surface area contributed by atoms with Crippen LogP contribution in [0, 0.1) is 0 Å². The molecule has 0 unspecified atom stereocenters. The summed E-state index contributed by atoms with van der Waals surface area (Å²) in [5.74, 6) is -1.79. The van der Waals surface area contributed by atoms with E-state index in [-0.39, 0.29) is 64.3 Å². The lowest BCUT2D eigenvalue weighted by Crippen LogP contribution is -2.14. The summed E-state index contributed by atoms with van der Waals surface area (Å²) in [6.07, 6.45) is 0. The molecular weight excluding hydrogens is 474 g/mol. The largest absolute Gasteiger partial charge is 0.458 e. The van der Waals surface area contributed by atoms with Crippen molar-refractivity contribution in [3.63, 3.8) is 0 Å². The third-order valence-corrected chi connectivity index (χ3v) is 3.80. The molecule has 1 heterocycles. The molecule has 0 atom stereocenters. The van der Waals surface area contributed by atoms with Gasteiger partial charge in [-0.3, -0.25) is 0 Å². The summed E-state index contributed by atoms with van der Waals surface area (Å²) < 4.78 is 45.9. The van der Waals surface area contributed by atoms with Crippen LogP contribution in [0.5, 0.6) is 0 Å². The van der Waals surface area contributed by atoms with Crippen molar-refractivity contribution < 1.29 is 62.2 Å². The number of carbonyl (C=O) groups excluding carboxylic acids is 2. The van der Waals surface area contributed by atoms with Crippen molar-refractivity contribution in [2.24, 2.45) is 0 Å². The summed E-state index contributed by atoms with van der Waals surface area (Å²) in [6.45, 7) is 3.66. The zero-order valence-electron chi connectivity index (χ0n) is 19.7. The molecule has 0 amide bonds. The first-order chi connectivity index (χ1) is 17.2. The van der Waals surface area contributed by atoms with Gasteiger partial charge in [-0.05, 0) is 0 Å². The van der Waals surface area contributed by atoms with Crippen LogP contribution >= 0.6 is 0 Å². The molecule has 14 nitrogen and oxygen atoms in total. The Balaban J connectivity index is 2.01. The van der Waals surface area contributed by atoms with Gasteiger partial charge in [0.15, 0.2) is 5.69 Å². The number of rotatable bonds is 24. The number of aliphatic hydroxyl groups excluding tert-OH is 2. The highest BCUT2D eigenvalue weighted by Crippen LogP contribution is 2.07. The van der Waals surface area contributed by atoms with Crippen LogP contribution in [0.25, 0.3) is 0 Å². The number of ether oxygens (including phenoxy) is 8. The third kappa shape index (κ3) is 17.0. The fraction of sp³-hybridized carbons (Fsp3) is 0.762. The number of carbonyl (C=O) groups is 2. The molecule has 0 radical (unpaired) electrons. The molecule has 1 aromatic heterocycles. The third-order valence-electron chi connectivity index (χ3n) is 3.80. The molecule has 0 aliphatic carbocycles. The molecule has 0 aliphatic heterocycles. The number of aliphatic hydroxyl groups is 2. The van der Waals surface area contributed by atoms with Crippen LogP contribution in [-0.4, -0.2) is 133 Å². The van der Waals surface area contributed by atoms with Crippen LogP contribution in [0.1, 0.15) is 21.0 Å². The van der Waals surface area contributed by atoms with Gasteiger partial charge in [-0.25, -0.2) is 9.59 Å². The smallest absolute Gasteiger partial charge is 0.377 e. The molecule has 1 rings (SSSR count). The average molecular weight is 510 g/mol. The van der Waals surface area contributed by atoms with Crippen LogP contribution in [-0.2, 0) is 37.9 Å². The summed E-state index contributed by atoms with van der Waals surface area (Å²) >= 11 is 0. The van der Waals surface area contributed by atoms with Crippen molar-refractivity contribution in [3.8, 4) is 0 Å². The summed E-state index contributed by atoms with van der Waals surface area (Å²) in [6, 6.07) is 1.13. The van der Waals surface area contributed by atoms with Gasteiger partial charge >= 0.3 is 11.9 Å². The monoisotopic (exact) mass is 509 g/mol. The summed E-state index contributed by atoms with van der Waals surface area (Å²) in [4.78, 5) is 23.9. The van der Waals surface area contributed by atoms with E-state index >= 15 is 0 Å². The van der Waals surface area contributed by atoms with E-state index < -0.39 is 11.9 Å². The Kier molecular flexibility index (Phi) is 19.7. The van der Waals surface area contributed by atoms with Crippen LogP contribution in [0.2, 0.25) is 0 Å². The molecular formula is C21H35NO13. The van der Waals surface area contributed by atoms with Crippen molar-refractivity contribution in [2.75, 3.05) is 106 Å². The van der Waals surface area contributed by atoms with Gasteiger partial charge in [0.25, 0.3) is 0 Å². The molecule has 0 saturated heterocycles. The Bertz CT molecular complexity index is 602. The maximum atomic E-state index is 11.9. The average Bonchev–Trinajstić information content (AvgIpc) is 3.36. The van der Waals surface area contributed by atoms with Crippen molar-refractivity contribution in [3.05, 3.63) is 17.5 Å². The Morgan fingerprint density at radius 2 is 0.971 bits per heavy atom. The van der Waals surface area contributed by atoms with Gasteiger partial charge in [-0.15, -0.1) is 0 Å². The molecule has 0 aliphatic rings. The summed E-state index contributed by atoms with van der Waals surface area (Å²) in [5.41, 5.74) is -0.167. The standard InChI is InChI=1S/C21H35NO13/c23-1-3-27-5-7-29-9-11-31-13-15-33-20(25)18-17-19(35-22-18)21(26)34-16-14-32-12-10-30-8-6-28-4-2-24/h17,23-24H,1-16H2. The Morgan fingerprint density at radius 3 is 1.40 bits per heavy atom. The predicted molar refractivity (Wildman–Crippen MR) is 116 cm³/mol. The van der Waals surface area contributed by atoms with Gasteiger partial charge in [0, 0.05) is 6.07 Å². The normalized spacial score (nSPS) is 11.0. The summed E-state index contributed by atoms with van der Waals surface area (Å²) in [7, 11) is 0. The van der Waals surface area contributed by atoms with E-state index in [1.807, 2.05) is 0 Å². The van der Waals surface area contributed by atoms with Crippen molar-refractivity contribution in [1.82, 2.24) is 5.16 Å². The van der Waals surface area contributed by atoms with E-state index in [2.05, 4.69) is 5.16 Å². The predicted octanol–water partition coefficient (Wildman–Crippen LogP) is -0.928. The Labute approximate surface area is 203 Å². The van der Waals surface area contributed by atoms with Gasteiger partial charge in [-0.1, -0.05) is 5.16 Å². The highest BCUT2D eigenvalue weighted by molar-refractivity contribution is 5.92. The van der Waals surface area contributed by atoms with E-state index in [0.717, 1.165) is 6.07 Å². The van der Waals surface area contributed by atoms with E-state index in [9.17, 15) is 9.59 Å². The van der Waals surface area contributed by atoms with Gasteiger partial charge < -0.3 is 52.6 Å². The molecule has 0 spiro atoms. The lowest BCUT2D eigenvalue weighted by Gasteiger charge is -2.06. The first-order valence-electron chi connectivity index (χ1n) is 11.2. The second kappa shape index (κ2) is 22.3. The van der Waals surface area contributed by atoms with Gasteiger partial charge in [0.05, 0.1) is 92.5 Å². The van der Waals surface area contributed by atoms with Crippen LogP contribution < -0.4 is 0 Å². The highest BCUT2D eigenvalue weighted by atomic mass is 16.6. The molecule has 0 fully saturated rings. The molecule has 35 heavy (non-hydrogen) atoms. The topological polar surface area (TPSA) is 174 Å². The minimum Gasteiger partial charge on any atom is -0.458 e. The summed E-state index contributed by atoms with van der Waals surface area (Å²) in [5, 5.41) is 20.6. The van der Waals surface area contributed by atoms with Crippen LogP contribution in [0.4, 0.5) is 0 Å². The van der Waals surface area contributed by atoms with Crippen molar-refractivity contribution in [1.29, 1.82) is 0 Å². The van der Waals surface area contributed by atoms with E-state index in [1.165, 1.54) is 0 Å². The SMILES string of the molecule is O=C(OCCOCCOCCOCCO)c1cc(C(=O)OCCOCCOCCOCCO)on1. The molecule has 2 N–H and O–H groups in total. The zero-order chi connectivity index (χ0) is 25.4. The molecule has 0 bridgehead atoms. The number of hydrogen-bond acceptors (Lipinski definition) is 14. The van der Waals surface area contributed by atoms with Crippen LogP contribution in [0.3, 0.4) is 0 Å². The maximum absolute atomic E-state index is 11.9. The van der Waals surface area contributed by atoms with E-state index in [4.69, 9.17) is 52.6 Å². The fourth-order valence-corrected chi connectivity index (χ4v) is 2.21. The zero-order valence-corrected chi connectivity index (χ0v) is 19.7. The Morgan fingerprint density at radius 1 is 0.600 bits per heavy atom. The van der Waals surface area contributed by atoms with Gasteiger partial charge in [0.2, 0.25) is 5.76 Å². The minimum absolute atomic E-state index is 0.0121. The highest BCUT2D eigenvalue weighted by Gasteiger charge is 2.19. The molecule has 202 valence electrons. The first kappa shape index (κ1) is 30.9. The van der Waals surface area contributed by atoms with Crippen LogP contribution in [0.15, 0.2) is 10.6 Å². The number of esters is 2. The fourth-order valence-electron chi connectivity index (χ4n) is 2.21. The quantitative estimate of drug-likeness (QED) is 0.129. The number of nitrogens with zero attached hydrogens (tertiary/aromatic N) is 1. The second-order valence-corrected chi connectivity index (χ2v) is 6.47. The molecule has 0 saturated carbocycles. The number of aromatic nitrogens is 1. The lowest BCUT2D eigenvalue weighted by atomic mass is 10.3. The number of hydrogen-bond donors (Lipinski definition) is 2. The van der Waals surface area contributed by atoms with Crippen molar-refractivity contribution >= 4 is 11.9 Å². The van der Waals surface area contributed by atoms with E-state index in [1.54, 1.807) is 0 Å². The molecule has 0 aromatic carbocycles. The van der Waals surface area contributed by atoms with Gasteiger partial charge in [0.1, 0.15) is 13.2 Å². The van der Waals surface area contributed by atoms with E-state index in [0.29, 0.717) is 52.9 Å². The first-order valence-corrected chi connectivity index (χ1v) is 11.2. The minimum atomic E-state index is -0.789.